The molecule has 3 aromatic rings. The molecule has 0 saturated carbocycles. The molecule has 3 rings (SSSR count). The fourth-order valence-corrected chi connectivity index (χ4v) is 5.14. The molecule has 28 heavy (non-hydrogen) atoms. The maximum absolute atomic E-state index is 13.3. The predicted molar refractivity (Wildman–Crippen MR) is 117 cm³/mol. The summed E-state index contributed by atoms with van der Waals surface area (Å²) >= 11 is 0. The van der Waals surface area contributed by atoms with E-state index in [0.717, 1.165) is 16.2 Å². The van der Waals surface area contributed by atoms with Gasteiger partial charge in [0.15, 0.2) is 0 Å². The molecular weight excluding hydrogens is 363 g/mol. The van der Waals surface area contributed by atoms with Crippen molar-refractivity contribution in [2.24, 2.45) is 0 Å². The van der Waals surface area contributed by atoms with Crippen LogP contribution in [0.4, 0.5) is 0 Å². The Bertz CT molecular complexity index is 960. The van der Waals surface area contributed by atoms with E-state index in [1.165, 1.54) is 0 Å². The van der Waals surface area contributed by atoms with Gasteiger partial charge in [0.1, 0.15) is 0 Å². The molecule has 0 aromatic heterocycles. The van der Waals surface area contributed by atoms with Crippen LogP contribution in [0, 0.1) is 0 Å². The van der Waals surface area contributed by atoms with Crippen LogP contribution in [0.5, 0.6) is 0 Å². The summed E-state index contributed by atoms with van der Waals surface area (Å²) in [5, 5.41) is 1.94. The van der Waals surface area contributed by atoms with E-state index in [-0.39, 0.29) is 16.7 Å². The molecule has 0 amide bonds. The average molecular weight is 386 g/mol. The third kappa shape index (κ3) is 4.34. The van der Waals surface area contributed by atoms with Crippen molar-refractivity contribution in [2.75, 3.05) is 0 Å². The largest absolute Gasteiger partial charge is 0.366 e. The molecule has 3 aromatic carbocycles. The first kappa shape index (κ1) is 19.9. The Labute approximate surface area is 167 Å². The number of carbonyl (C=O) groups is 1. The Morgan fingerprint density at radius 1 is 0.786 bits per heavy atom. The van der Waals surface area contributed by atoms with Crippen LogP contribution >= 0.6 is 7.92 Å². The van der Waals surface area contributed by atoms with Crippen LogP contribution in [0.1, 0.15) is 36.7 Å². The van der Waals surface area contributed by atoms with Crippen LogP contribution < -0.4 is 10.6 Å². The fraction of sp³-hybridized carbons (Fsp3) is 0.167. The van der Waals surface area contributed by atoms with Crippen LogP contribution in [-0.2, 0) is 5.41 Å². The Hall–Kier alpha value is -2.86. The van der Waals surface area contributed by atoms with Crippen molar-refractivity contribution in [1.29, 1.82) is 0 Å². The lowest BCUT2D eigenvalue weighted by atomic mass is 9.86. The van der Waals surface area contributed by atoms with Crippen molar-refractivity contribution < 1.29 is 9.58 Å². The normalized spacial score (nSPS) is 11.1. The van der Waals surface area contributed by atoms with Crippen LogP contribution in [0.25, 0.3) is 5.53 Å². The Morgan fingerprint density at radius 3 is 1.64 bits per heavy atom. The molecule has 140 valence electrons. The van der Waals surface area contributed by atoms with E-state index in [1.54, 1.807) is 0 Å². The minimum absolute atomic E-state index is 0.0101. The zero-order valence-electron chi connectivity index (χ0n) is 16.3. The van der Waals surface area contributed by atoms with Gasteiger partial charge in [-0.25, -0.2) is 0 Å². The van der Waals surface area contributed by atoms with Crippen LogP contribution in [0.3, 0.4) is 0 Å². The first-order valence-electron chi connectivity index (χ1n) is 9.19. The zero-order valence-corrected chi connectivity index (χ0v) is 17.2. The Morgan fingerprint density at radius 2 is 1.25 bits per heavy atom. The summed E-state index contributed by atoms with van der Waals surface area (Å²) in [5.41, 5.74) is 11.7. The highest BCUT2D eigenvalue weighted by Gasteiger charge is 2.34. The molecule has 0 aliphatic rings. The van der Waals surface area contributed by atoms with E-state index in [9.17, 15) is 10.3 Å². The first-order valence-corrected chi connectivity index (χ1v) is 10.5. The van der Waals surface area contributed by atoms with Gasteiger partial charge in [-0.2, -0.15) is 4.79 Å². The first-order chi connectivity index (χ1) is 13.4. The van der Waals surface area contributed by atoms with Gasteiger partial charge in [0, 0.05) is 5.56 Å². The number of ketones is 1. The zero-order chi connectivity index (χ0) is 20.1. The smallest absolute Gasteiger partial charge is 0.361 e. The number of hydrogen-bond donors (Lipinski definition) is 0. The number of benzene rings is 3. The van der Waals surface area contributed by atoms with Crippen molar-refractivity contribution in [3.63, 3.8) is 0 Å². The maximum atomic E-state index is 13.3. The molecule has 3 nitrogen and oxygen atoms in total. The summed E-state index contributed by atoms with van der Waals surface area (Å²) in [6.45, 7) is 6.40. The number of Topliss-reactive ketones (excluding diaryl/α,β-unsaturated/α-hetero) is 1. The standard InChI is InChI=1S/C24H23N2OP/c1-24(2,3)19-16-14-18(15-17-19)22(27)23(26-25)28(20-10-6-4-7-11-20)21-12-8-5-9-13-21/h4-17H,1-3H3. The molecule has 0 N–H and O–H groups in total. The third-order valence-electron chi connectivity index (χ3n) is 4.55. The lowest BCUT2D eigenvalue weighted by Crippen LogP contribution is -2.25. The summed E-state index contributed by atoms with van der Waals surface area (Å²) in [4.78, 5) is 16.7. The SMILES string of the molecule is CC(C)(C)c1ccc(C(=O)C(=[N+]=[N-])P(c2ccccc2)c2ccccc2)cc1. The minimum Gasteiger partial charge on any atom is -0.361 e. The van der Waals surface area contributed by atoms with Crippen molar-refractivity contribution in [3.8, 4) is 0 Å². The maximum Gasteiger partial charge on any atom is 0.366 e. The second kappa shape index (κ2) is 8.44. The number of hydrogen-bond acceptors (Lipinski definition) is 1. The predicted octanol–water partition coefficient (Wildman–Crippen LogP) is 4.93. The highest BCUT2D eigenvalue weighted by atomic mass is 31.1. The quantitative estimate of drug-likeness (QED) is 0.202. The number of carbonyl (C=O) groups excluding carboxylic acids is 1. The molecular formula is C24H23N2OP. The molecule has 4 heteroatoms. The molecule has 0 radical (unpaired) electrons. The van der Waals surface area contributed by atoms with Gasteiger partial charge < -0.3 is 5.53 Å². The van der Waals surface area contributed by atoms with E-state index in [1.807, 2.05) is 84.9 Å². The topological polar surface area (TPSA) is 53.5 Å². The Kier molecular flexibility index (Phi) is 5.99. The lowest BCUT2D eigenvalue weighted by Gasteiger charge is -2.19. The van der Waals surface area contributed by atoms with Crippen molar-refractivity contribution in [1.82, 2.24) is 0 Å². The summed E-state index contributed by atoms with van der Waals surface area (Å²) < 4.78 is 0. The van der Waals surface area contributed by atoms with E-state index in [4.69, 9.17) is 0 Å². The van der Waals surface area contributed by atoms with Crippen molar-refractivity contribution in [3.05, 3.63) is 102 Å². The molecule has 0 heterocycles. The average Bonchev–Trinajstić information content (AvgIpc) is 2.72. The van der Waals surface area contributed by atoms with Gasteiger partial charge in [0.2, 0.25) is 0 Å². The van der Waals surface area contributed by atoms with Gasteiger partial charge in [-0.05, 0) is 21.6 Å². The Balaban J connectivity index is 2.04. The van der Waals surface area contributed by atoms with E-state index in [0.29, 0.717) is 5.56 Å². The van der Waals surface area contributed by atoms with Gasteiger partial charge in [0.05, 0.1) is 7.92 Å². The molecule has 0 saturated heterocycles. The van der Waals surface area contributed by atoms with Gasteiger partial charge in [-0.15, -0.1) is 0 Å². The van der Waals surface area contributed by atoms with E-state index < -0.39 is 7.92 Å². The van der Waals surface area contributed by atoms with Gasteiger partial charge in [-0.1, -0.05) is 106 Å². The third-order valence-corrected chi connectivity index (χ3v) is 6.90. The monoisotopic (exact) mass is 386 g/mol. The second-order valence-electron chi connectivity index (χ2n) is 7.59. The van der Waals surface area contributed by atoms with Gasteiger partial charge >= 0.3 is 5.45 Å². The van der Waals surface area contributed by atoms with Crippen molar-refractivity contribution in [2.45, 2.75) is 26.2 Å². The van der Waals surface area contributed by atoms with Gasteiger partial charge in [0.25, 0.3) is 5.78 Å². The molecule has 0 atom stereocenters. The second-order valence-corrected chi connectivity index (χ2v) is 9.71. The van der Waals surface area contributed by atoms with Crippen LogP contribution in [-0.4, -0.2) is 16.0 Å². The summed E-state index contributed by atoms with van der Waals surface area (Å²) in [5.74, 6) is -0.248. The summed E-state index contributed by atoms with van der Waals surface area (Å²) in [6.07, 6.45) is 0. The summed E-state index contributed by atoms with van der Waals surface area (Å²) in [6, 6.07) is 27.1. The lowest BCUT2D eigenvalue weighted by molar-refractivity contribution is -0.00108. The number of rotatable bonds is 5. The number of nitrogens with zero attached hydrogens (tertiary/aromatic N) is 2. The molecule has 0 aliphatic heterocycles. The molecule has 0 bridgehead atoms. The molecule has 0 fully saturated rings. The highest BCUT2D eigenvalue weighted by Crippen LogP contribution is 2.36. The summed E-state index contributed by atoms with van der Waals surface area (Å²) in [7, 11) is -1.26. The van der Waals surface area contributed by atoms with E-state index in [2.05, 4.69) is 25.6 Å². The van der Waals surface area contributed by atoms with Crippen LogP contribution in [0.2, 0.25) is 0 Å². The van der Waals surface area contributed by atoms with Gasteiger partial charge in [-0.3, -0.25) is 4.79 Å². The van der Waals surface area contributed by atoms with Crippen LogP contribution in [0.15, 0.2) is 84.9 Å². The van der Waals surface area contributed by atoms with E-state index >= 15 is 0 Å². The molecule has 0 aliphatic carbocycles. The molecule has 0 unspecified atom stereocenters. The highest BCUT2D eigenvalue weighted by molar-refractivity contribution is 7.90. The van der Waals surface area contributed by atoms with Crippen molar-refractivity contribution >= 4 is 29.8 Å². The minimum atomic E-state index is -1.26. The molecule has 0 spiro atoms. The fourth-order valence-electron chi connectivity index (χ4n) is 2.99.